The van der Waals surface area contributed by atoms with E-state index in [0.717, 1.165) is 17.5 Å². The van der Waals surface area contributed by atoms with Gasteiger partial charge >= 0.3 is 5.97 Å². The Morgan fingerprint density at radius 2 is 1.87 bits per heavy atom. The Balaban J connectivity index is 2.32. The molecule has 0 amide bonds. The number of halogens is 1. The van der Waals surface area contributed by atoms with E-state index in [4.69, 9.17) is 16.3 Å². The van der Waals surface area contributed by atoms with E-state index in [-0.39, 0.29) is 22.9 Å². The van der Waals surface area contributed by atoms with Crippen LogP contribution in [0.15, 0.2) is 36.4 Å². The molecule has 1 unspecified atom stereocenters. The third kappa shape index (κ3) is 3.96. The van der Waals surface area contributed by atoms with Gasteiger partial charge in [-0.2, -0.15) is 0 Å². The van der Waals surface area contributed by atoms with E-state index in [9.17, 15) is 15.0 Å². The number of hydrogen-bond acceptors (Lipinski definition) is 3. The number of aromatic hydroxyl groups is 1. The van der Waals surface area contributed by atoms with Gasteiger partial charge in [-0.25, -0.2) is 0 Å². The van der Waals surface area contributed by atoms with Crippen molar-refractivity contribution < 1.29 is 19.7 Å². The molecule has 0 radical (unpaired) electrons. The van der Waals surface area contributed by atoms with Crippen molar-refractivity contribution in [2.45, 2.75) is 25.7 Å². The lowest BCUT2D eigenvalue weighted by molar-refractivity contribution is -0.138. The molecule has 4 nitrogen and oxygen atoms in total. The summed E-state index contributed by atoms with van der Waals surface area (Å²) in [5.74, 6) is -1.50. The number of phenols is 1. The minimum Gasteiger partial charge on any atom is -0.503 e. The SMILES string of the molecule is CCc1ccc(C(Cc2cc(Cl)c(O)c(OC)c2)C(=O)O)cc1. The Bertz CT molecular complexity index is 695. The first-order valence-corrected chi connectivity index (χ1v) is 7.71. The van der Waals surface area contributed by atoms with Gasteiger partial charge in [-0.15, -0.1) is 0 Å². The third-order valence-electron chi connectivity index (χ3n) is 3.84. The Kier molecular flexibility index (Phi) is 5.50. The minimum atomic E-state index is -0.905. The van der Waals surface area contributed by atoms with Crippen LogP contribution < -0.4 is 4.74 Å². The lowest BCUT2D eigenvalue weighted by Crippen LogP contribution is -2.14. The topological polar surface area (TPSA) is 66.8 Å². The van der Waals surface area contributed by atoms with Crippen LogP contribution >= 0.6 is 11.6 Å². The molecule has 2 aromatic rings. The van der Waals surface area contributed by atoms with Crippen molar-refractivity contribution >= 4 is 17.6 Å². The Morgan fingerprint density at radius 1 is 1.22 bits per heavy atom. The number of hydrogen-bond donors (Lipinski definition) is 2. The van der Waals surface area contributed by atoms with E-state index in [1.807, 2.05) is 24.3 Å². The fourth-order valence-electron chi connectivity index (χ4n) is 2.47. The summed E-state index contributed by atoms with van der Waals surface area (Å²) in [6.45, 7) is 2.05. The number of carboxylic acid groups (broad SMARTS) is 1. The van der Waals surface area contributed by atoms with Crippen molar-refractivity contribution in [2.24, 2.45) is 0 Å². The van der Waals surface area contributed by atoms with Crippen molar-refractivity contribution in [1.82, 2.24) is 0 Å². The van der Waals surface area contributed by atoms with Crippen LogP contribution in [0.1, 0.15) is 29.5 Å². The van der Waals surface area contributed by atoms with Crippen molar-refractivity contribution in [3.63, 3.8) is 0 Å². The average molecular weight is 335 g/mol. The number of ether oxygens (including phenoxy) is 1. The summed E-state index contributed by atoms with van der Waals surface area (Å²) in [6.07, 6.45) is 1.17. The number of carboxylic acids is 1. The van der Waals surface area contributed by atoms with Gasteiger partial charge in [-0.05, 0) is 41.7 Å². The van der Waals surface area contributed by atoms with Gasteiger partial charge in [0.1, 0.15) is 0 Å². The molecular formula is C18H19ClO4. The van der Waals surface area contributed by atoms with Crippen LogP contribution in [-0.2, 0) is 17.6 Å². The maximum Gasteiger partial charge on any atom is 0.311 e. The second-order valence-electron chi connectivity index (χ2n) is 5.32. The molecule has 0 aliphatic heterocycles. The molecule has 2 aromatic carbocycles. The molecule has 1 atom stereocenters. The molecule has 0 saturated carbocycles. The van der Waals surface area contributed by atoms with E-state index in [1.165, 1.54) is 7.11 Å². The number of phenolic OH excluding ortho intramolecular Hbond substituents is 1. The molecule has 23 heavy (non-hydrogen) atoms. The first kappa shape index (κ1) is 17.2. The number of aryl methyl sites for hydroxylation is 1. The van der Waals surface area contributed by atoms with E-state index < -0.39 is 11.9 Å². The molecule has 0 saturated heterocycles. The lowest BCUT2D eigenvalue weighted by Gasteiger charge is -2.15. The largest absolute Gasteiger partial charge is 0.503 e. The minimum absolute atomic E-state index is 0.142. The second-order valence-corrected chi connectivity index (χ2v) is 5.73. The molecular weight excluding hydrogens is 316 g/mol. The molecule has 2 N–H and O–H groups in total. The van der Waals surface area contributed by atoms with Crippen molar-refractivity contribution in [3.8, 4) is 11.5 Å². The van der Waals surface area contributed by atoms with Crippen LogP contribution in [0.5, 0.6) is 11.5 Å². The normalized spacial score (nSPS) is 12.0. The number of methoxy groups -OCH3 is 1. The Hall–Kier alpha value is -2.20. The van der Waals surface area contributed by atoms with Crippen molar-refractivity contribution in [1.29, 1.82) is 0 Å². The molecule has 0 aromatic heterocycles. The highest BCUT2D eigenvalue weighted by Crippen LogP contribution is 2.36. The van der Waals surface area contributed by atoms with E-state index in [1.54, 1.807) is 12.1 Å². The van der Waals surface area contributed by atoms with Crippen LogP contribution in [0, 0.1) is 0 Å². The van der Waals surface area contributed by atoms with Crippen LogP contribution in [0.25, 0.3) is 0 Å². The maximum absolute atomic E-state index is 11.7. The summed E-state index contributed by atoms with van der Waals surface area (Å²) in [5.41, 5.74) is 2.58. The second kappa shape index (κ2) is 7.38. The van der Waals surface area contributed by atoms with Crippen LogP contribution in [0.2, 0.25) is 5.02 Å². The van der Waals surface area contributed by atoms with Gasteiger partial charge in [-0.1, -0.05) is 42.8 Å². The smallest absolute Gasteiger partial charge is 0.311 e. The van der Waals surface area contributed by atoms with Gasteiger partial charge in [-0.3, -0.25) is 4.79 Å². The van der Waals surface area contributed by atoms with Gasteiger partial charge in [0.2, 0.25) is 0 Å². The summed E-state index contributed by atoms with van der Waals surface area (Å²) >= 11 is 5.97. The number of rotatable bonds is 6. The average Bonchev–Trinajstić information content (AvgIpc) is 2.55. The molecule has 122 valence electrons. The van der Waals surface area contributed by atoms with E-state index in [0.29, 0.717) is 5.56 Å². The first-order valence-electron chi connectivity index (χ1n) is 7.33. The zero-order valence-corrected chi connectivity index (χ0v) is 13.8. The predicted octanol–water partition coefficient (Wildman–Crippen LogP) is 4.03. The maximum atomic E-state index is 11.7. The standard InChI is InChI=1S/C18H19ClO4/c1-3-11-4-6-13(7-5-11)14(18(21)22)8-12-9-15(19)17(20)16(10-12)23-2/h4-7,9-10,14,20H,3,8H2,1-2H3,(H,21,22). The van der Waals surface area contributed by atoms with Gasteiger partial charge in [0.15, 0.2) is 11.5 Å². The summed E-state index contributed by atoms with van der Waals surface area (Å²) in [7, 11) is 1.42. The van der Waals surface area contributed by atoms with Crippen LogP contribution in [0.4, 0.5) is 0 Å². The fourth-order valence-corrected chi connectivity index (χ4v) is 2.70. The Morgan fingerprint density at radius 3 is 2.39 bits per heavy atom. The van der Waals surface area contributed by atoms with Crippen LogP contribution in [-0.4, -0.2) is 23.3 Å². The molecule has 0 aliphatic carbocycles. The Labute approximate surface area is 140 Å². The van der Waals surface area contributed by atoms with E-state index in [2.05, 4.69) is 6.92 Å². The monoisotopic (exact) mass is 334 g/mol. The number of carbonyl (C=O) groups is 1. The highest BCUT2D eigenvalue weighted by atomic mass is 35.5. The quantitative estimate of drug-likeness (QED) is 0.837. The molecule has 2 rings (SSSR count). The van der Waals surface area contributed by atoms with Gasteiger partial charge in [0.25, 0.3) is 0 Å². The number of benzene rings is 2. The van der Waals surface area contributed by atoms with E-state index >= 15 is 0 Å². The molecule has 5 heteroatoms. The summed E-state index contributed by atoms with van der Waals surface area (Å²) in [5, 5.41) is 19.5. The molecule has 0 aliphatic rings. The molecule has 0 bridgehead atoms. The highest BCUT2D eigenvalue weighted by Gasteiger charge is 2.21. The zero-order chi connectivity index (χ0) is 17.0. The predicted molar refractivity (Wildman–Crippen MR) is 89.6 cm³/mol. The molecule has 0 spiro atoms. The van der Waals surface area contributed by atoms with Gasteiger partial charge < -0.3 is 14.9 Å². The highest BCUT2D eigenvalue weighted by molar-refractivity contribution is 6.32. The molecule has 0 fully saturated rings. The zero-order valence-electron chi connectivity index (χ0n) is 13.0. The lowest BCUT2D eigenvalue weighted by atomic mass is 9.91. The first-order chi connectivity index (χ1) is 11.0. The van der Waals surface area contributed by atoms with Gasteiger partial charge in [0, 0.05) is 0 Å². The van der Waals surface area contributed by atoms with Gasteiger partial charge in [0.05, 0.1) is 18.1 Å². The van der Waals surface area contributed by atoms with Crippen LogP contribution in [0.3, 0.4) is 0 Å². The third-order valence-corrected chi connectivity index (χ3v) is 4.12. The summed E-state index contributed by atoms with van der Waals surface area (Å²) < 4.78 is 5.06. The molecule has 0 heterocycles. The summed E-state index contributed by atoms with van der Waals surface area (Å²) in [4.78, 5) is 11.7. The fraction of sp³-hybridized carbons (Fsp3) is 0.278. The van der Waals surface area contributed by atoms with Crippen molar-refractivity contribution in [2.75, 3.05) is 7.11 Å². The van der Waals surface area contributed by atoms with Crippen molar-refractivity contribution in [3.05, 3.63) is 58.1 Å². The summed E-state index contributed by atoms with van der Waals surface area (Å²) in [6, 6.07) is 10.7. The number of aliphatic carboxylic acids is 1.